The Morgan fingerprint density at radius 2 is 1.75 bits per heavy atom. The second-order valence-electron chi connectivity index (χ2n) is 4.44. The number of halogens is 2. The molecule has 2 N–H and O–H groups in total. The molecule has 1 aliphatic rings. The lowest BCUT2D eigenvalue weighted by Gasteiger charge is -2.22. The van der Waals surface area contributed by atoms with Gasteiger partial charge in [-0.3, -0.25) is 0 Å². The van der Waals surface area contributed by atoms with Gasteiger partial charge in [0.2, 0.25) is 0 Å². The molecule has 1 fully saturated rings. The van der Waals surface area contributed by atoms with Crippen LogP contribution >= 0.6 is 24.0 Å². The van der Waals surface area contributed by atoms with Crippen LogP contribution < -0.4 is 5.73 Å². The van der Waals surface area contributed by atoms with Crippen LogP contribution in [-0.4, -0.2) is 6.54 Å². The Morgan fingerprint density at radius 3 is 2.25 bits per heavy atom. The second kappa shape index (κ2) is 6.48. The van der Waals surface area contributed by atoms with Gasteiger partial charge >= 0.3 is 0 Å². The van der Waals surface area contributed by atoms with E-state index in [4.69, 9.17) is 17.3 Å². The maximum Gasteiger partial charge on any atom is 0.0406 e. The summed E-state index contributed by atoms with van der Waals surface area (Å²) in [6.45, 7) is 0.756. The summed E-state index contributed by atoms with van der Waals surface area (Å²) in [6, 6.07) is 8.18. The topological polar surface area (TPSA) is 26.0 Å². The van der Waals surface area contributed by atoms with Crippen molar-refractivity contribution in [3.05, 3.63) is 34.9 Å². The lowest BCUT2D eigenvalue weighted by atomic mass is 9.85. The Morgan fingerprint density at radius 1 is 1.19 bits per heavy atom. The predicted octanol–water partition coefficient (Wildman–Crippen LogP) is 3.99. The molecule has 1 unspecified atom stereocenters. The number of nitrogens with two attached hydrogens (primary N) is 1. The fraction of sp³-hybridized carbons (Fsp3) is 0.538. The van der Waals surface area contributed by atoms with E-state index < -0.39 is 0 Å². The number of hydrogen-bond donors (Lipinski definition) is 1. The molecule has 16 heavy (non-hydrogen) atoms. The molecule has 1 saturated carbocycles. The molecule has 0 bridgehead atoms. The van der Waals surface area contributed by atoms with Gasteiger partial charge in [-0.25, -0.2) is 0 Å². The van der Waals surface area contributed by atoms with Crippen LogP contribution in [0.4, 0.5) is 0 Å². The molecule has 1 atom stereocenters. The van der Waals surface area contributed by atoms with Crippen molar-refractivity contribution in [2.75, 3.05) is 6.54 Å². The van der Waals surface area contributed by atoms with E-state index >= 15 is 0 Å². The van der Waals surface area contributed by atoms with Crippen LogP contribution in [0.1, 0.15) is 37.2 Å². The predicted molar refractivity (Wildman–Crippen MR) is 72.5 cm³/mol. The molecular formula is C13H19Cl2N. The van der Waals surface area contributed by atoms with E-state index in [0.717, 1.165) is 17.5 Å². The van der Waals surface area contributed by atoms with Gasteiger partial charge in [0, 0.05) is 5.02 Å². The van der Waals surface area contributed by atoms with Crippen molar-refractivity contribution >= 4 is 24.0 Å². The molecule has 1 nitrogen and oxygen atoms in total. The van der Waals surface area contributed by atoms with Crippen LogP contribution in [0.5, 0.6) is 0 Å². The average molecular weight is 260 g/mol. The average Bonchev–Trinajstić information content (AvgIpc) is 2.75. The normalized spacial score (nSPS) is 18.1. The third kappa shape index (κ3) is 3.13. The summed E-state index contributed by atoms with van der Waals surface area (Å²) >= 11 is 5.89. The first-order chi connectivity index (χ1) is 7.31. The number of rotatable bonds is 3. The van der Waals surface area contributed by atoms with Gasteiger partial charge in [0.05, 0.1) is 0 Å². The SMILES string of the molecule is Cl.NCC(c1ccc(Cl)cc1)C1CCCC1. The summed E-state index contributed by atoms with van der Waals surface area (Å²) in [5.41, 5.74) is 7.25. The molecular weight excluding hydrogens is 241 g/mol. The molecule has 0 spiro atoms. The summed E-state index contributed by atoms with van der Waals surface area (Å²) in [5, 5.41) is 0.806. The first kappa shape index (κ1) is 13.8. The van der Waals surface area contributed by atoms with E-state index in [1.165, 1.54) is 31.2 Å². The van der Waals surface area contributed by atoms with E-state index in [-0.39, 0.29) is 12.4 Å². The highest BCUT2D eigenvalue weighted by Gasteiger charge is 2.24. The molecule has 0 heterocycles. The molecule has 90 valence electrons. The van der Waals surface area contributed by atoms with E-state index in [2.05, 4.69) is 12.1 Å². The highest BCUT2D eigenvalue weighted by atomic mass is 35.5. The minimum Gasteiger partial charge on any atom is -0.330 e. The van der Waals surface area contributed by atoms with Gasteiger partial charge in [0.25, 0.3) is 0 Å². The second-order valence-corrected chi connectivity index (χ2v) is 4.87. The molecule has 0 aliphatic heterocycles. The molecule has 0 saturated heterocycles. The third-order valence-electron chi connectivity index (χ3n) is 3.52. The van der Waals surface area contributed by atoms with Gasteiger partial charge in [-0.05, 0) is 48.9 Å². The van der Waals surface area contributed by atoms with Gasteiger partial charge in [-0.2, -0.15) is 0 Å². The van der Waals surface area contributed by atoms with Crippen molar-refractivity contribution < 1.29 is 0 Å². The van der Waals surface area contributed by atoms with Crippen LogP contribution in [0.2, 0.25) is 5.02 Å². The molecule has 0 radical (unpaired) electrons. The Bertz CT molecular complexity index is 304. The summed E-state index contributed by atoms with van der Waals surface area (Å²) in [7, 11) is 0. The van der Waals surface area contributed by atoms with Crippen LogP contribution in [0.15, 0.2) is 24.3 Å². The summed E-state index contributed by atoms with van der Waals surface area (Å²) in [6.07, 6.45) is 5.42. The first-order valence-corrected chi connectivity index (χ1v) is 6.14. The van der Waals surface area contributed by atoms with Crippen molar-refractivity contribution in [2.24, 2.45) is 11.7 Å². The smallest absolute Gasteiger partial charge is 0.0406 e. The van der Waals surface area contributed by atoms with Gasteiger partial charge in [0.1, 0.15) is 0 Å². The first-order valence-electron chi connectivity index (χ1n) is 5.77. The lowest BCUT2D eigenvalue weighted by Crippen LogP contribution is -2.19. The molecule has 3 heteroatoms. The summed E-state index contributed by atoms with van der Waals surface area (Å²) in [5.74, 6) is 1.32. The monoisotopic (exact) mass is 259 g/mol. The fourth-order valence-electron chi connectivity index (χ4n) is 2.67. The minimum atomic E-state index is 0. The van der Waals surface area contributed by atoms with Crippen molar-refractivity contribution in [1.29, 1.82) is 0 Å². The maximum absolute atomic E-state index is 5.89. The fourth-order valence-corrected chi connectivity index (χ4v) is 2.80. The molecule has 2 rings (SSSR count). The zero-order chi connectivity index (χ0) is 10.7. The van der Waals surface area contributed by atoms with Crippen molar-refractivity contribution in [3.63, 3.8) is 0 Å². The molecule has 1 aromatic rings. The Labute approximate surface area is 109 Å². The summed E-state index contributed by atoms with van der Waals surface area (Å²) < 4.78 is 0. The van der Waals surface area contributed by atoms with Crippen LogP contribution in [-0.2, 0) is 0 Å². The number of hydrogen-bond acceptors (Lipinski definition) is 1. The quantitative estimate of drug-likeness (QED) is 0.873. The largest absolute Gasteiger partial charge is 0.330 e. The molecule has 0 aromatic heterocycles. The van der Waals surface area contributed by atoms with Crippen molar-refractivity contribution in [3.8, 4) is 0 Å². The van der Waals surface area contributed by atoms with E-state index in [1.807, 2.05) is 12.1 Å². The standard InChI is InChI=1S/C13H18ClN.ClH/c14-12-7-5-11(6-8-12)13(9-15)10-3-1-2-4-10;/h5-8,10,13H,1-4,9,15H2;1H. The number of benzene rings is 1. The minimum absolute atomic E-state index is 0. The van der Waals surface area contributed by atoms with Crippen LogP contribution in [0, 0.1) is 5.92 Å². The molecule has 1 aliphatic carbocycles. The highest BCUT2D eigenvalue weighted by Crippen LogP contribution is 2.36. The van der Waals surface area contributed by atoms with Gasteiger partial charge in [-0.15, -0.1) is 12.4 Å². The van der Waals surface area contributed by atoms with Crippen LogP contribution in [0.25, 0.3) is 0 Å². The van der Waals surface area contributed by atoms with Crippen molar-refractivity contribution in [2.45, 2.75) is 31.6 Å². The highest BCUT2D eigenvalue weighted by molar-refractivity contribution is 6.30. The van der Waals surface area contributed by atoms with Crippen molar-refractivity contribution in [1.82, 2.24) is 0 Å². The van der Waals surface area contributed by atoms with Gasteiger partial charge in [0.15, 0.2) is 0 Å². The van der Waals surface area contributed by atoms with E-state index in [9.17, 15) is 0 Å². The maximum atomic E-state index is 5.89. The third-order valence-corrected chi connectivity index (χ3v) is 3.77. The lowest BCUT2D eigenvalue weighted by molar-refractivity contribution is 0.440. The van der Waals surface area contributed by atoms with Crippen LogP contribution in [0.3, 0.4) is 0 Å². The van der Waals surface area contributed by atoms with E-state index in [1.54, 1.807) is 0 Å². The van der Waals surface area contributed by atoms with Gasteiger partial charge < -0.3 is 5.73 Å². The molecule has 0 amide bonds. The summed E-state index contributed by atoms with van der Waals surface area (Å²) in [4.78, 5) is 0. The Hall–Kier alpha value is -0.240. The Balaban J connectivity index is 0.00000128. The zero-order valence-electron chi connectivity index (χ0n) is 9.36. The Kier molecular flexibility index (Phi) is 5.60. The zero-order valence-corrected chi connectivity index (χ0v) is 10.9. The van der Waals surface area contributed by atoms with E-state index in [0.29, 0.717) is 5.92 Å². The molecule has 1 aromatic carbocycles. The van der Waals surface area contributed by atoms with Gasteiger partial charge in [-0.1, -0.05) is 36.6 Å².